The lowest BCUT2D eigenvalue weighted by molar-refractivity contribution is 0.0180. The van der Waals surface area contributed by atoms with Crippen molar-refractivity contribution in [3.05, 3.63) is 64.9 Å². The zero-order valence-corrected chi connectivity index (χ0v) is 20.1. The largest absolute Gasteiger partial charge is 0.488 e. The van der Waals surface area contributed by atoms with Crippen molar-refractivity contribution in [1.29, 1.82) is 0 Å². The minimum Gasteiger partial charge on any atom is -0.488 e. The van der Waals surface area contributed by atoms with E-state index < -0.39 is 23.8 Å². The monoisotopic (exact) mass is 487 g/mol. The topological polar surface area (TPSA) is 51.7 Å². The second-order valence-electron chi connectivity index (χ2n) is 9.91. The van der Waals surface area contributed by atoms with Crippen LogP contribution < -0.4 is 4.74 Å². The Kier molecular flexibility index (Phi) is 6.79. The Morgan fingerprint density at radius 3 is 2.57 bits per heavy atom. The van der Waals surface area contributed by atoms with E-state index in [4.69, 9.17) is 4.74 Å². The molecule has 3 aromatic rings. The third-order valence-electron chi connectivity index (χ3n) is 7.15. The number of rotatable bonds is 8. The fraction of sp³-hybridized carbons (Fsp3) is 0.481. The molecule has 5 nitrogen and oxygen atoms in total. The predicted molar refractivity (Wildman–Crippen MR) is 130 cm³/mol. The molecule has 2 aliphatic heterocycles. The maximum atomic E-state index is 15.6. The number of hydrogen-bond acceptors (Lipinski definition) is 4. The third kappa shape index (κ3) is 4.67. The number of likely N-dealkylation sites (tertiary alicyclic amines) is 1. The molecule has 2 aromatic carbocycles. The van der Waals surface area contributed by atoms with Gasteiger partial charge in [-0.05, 0) is 38.3 Å². The lowest BCUT2D eigenvalue weighted by atomic mass is 9.88. The molecule has 0 saturated carbocycles. The van der Waals surface area contributed by atoms with Crippen LogP contribution in [0.25, 0.3) is 10.9 Å². The van der Waals surface area contributed by atoms with Crippen LogP contribution in [0, 0.1) is 11.6 Å². The zero-order chi connectivity index (χ0) is 24.7. The highest BCUT2D eigenvalue weighted by Gasteiger charge is 2.39. The van der Waals surface area contributed by atoms with Gasteiger partial charge in [0, 0.05) is 66.5 Å². The van der Waals surface area contributed by atoms with Crippen LogP contribution >= 0.6 is 0 Å². The third-order valence-corrected chi connectivity index (χ3v) is 7.15. The number of halogens is 3. The van der Waals surface area contributed by atoms with Crippen molar-refractivity contribution in [3.8, 4) is 5.75 Å². The van der Waals surface area contributed by atoms with Crippen molar-refractivity contribution < 1.29 is 23.0 Å². The van der Waals surface area contributed by atoms with Crippen molar-refractivity contribution in [2.45, 2.75) is 51.0 Å². The number of nitrogens with one attached hydrogen (secondary N) is 1. The molecule has 0 spiro atoms. The van der Waals surface area contributed by atoms with Gasteiger partial charge in [0.15, 0.2) is 0 Å². The summed E-state index contributed by atoms with van der Waals surface area (Å²) in [5, 5.41) is 11.2. The van der Waals surface area contributed by atoms with Gasteiger partial charge in [-0.15, -0.1) is 0 Å². The molecule has 0 amide bonds. The smallest absolute Gasteiger partial charge is 0.135 e. The number of aliphatic hydroxyl groups excluding tert-OH is 1. The number of hydrogen-bond donors (Lipinski definition) is 2. The highest BCUT2D eigenvalue weighted by molar-refractivity contribution is 5.85. The summed E-state index contributed by atoms with van der Waals surface area (Å²) in [4.78, 5) is 7.44. The van der Waals surface area contributed by atoms with E-state index >= 15 is 8.78 Å². The molecule has 1 saturated heterocycles. The van der Waals surface area contributed by atoms with Gasteiger partial charge in [-0.1, -0.05) is 18.2 Å². The van der Waals surface area contributed by atoms with Crippen LogP contribution in [0.1, 0.15) is 43.1 Å². The fourth-order valence-electron chi connectivity index (χ4n) is 5.55. The molecule has 0 bridgehead atoms. The van der Waals surface area contributed by atoms with E-state index in [0.717, 1.165) is 22.2 Å². The number of alkyl halides is 1. The summed E-state index contributed by atoms with van der Waals surface area (Å²) in [7, 11) is 0. The summed E-state index contributed by atoms with van der Waals surface area (Å²) in [5.74, 6) is -1.19. The van der Waals surface area contributed by atoms with Gasteiger partial charge in [-0.2, -0.15) is 0 Å². The number of nitrogens with zero attached hydrogens (tertiary/aromatic N) is 2. The minimum atomic E-state index is -0.704. The van der Waals surface area contributed by atoms with E-state index in [1.54, 1.807) is 6.92 Å². The Morgan fingerprint density at radius 2 is 1.89 bits per heavy atom. The summed E-state index contributed by atoms with van der Waals surface area (Å²) in [5.41, 5.74) is 2.70. The lowest BCUT2D eigenvalue weighted by Gasteiger charge is -2.42. The number of aromatic nitrogens is 1. The van der Waals surface area contributed by atoms with Crippen LogP contribution in [0.4, 0.5) is 13.2 Å². The molecule has 1 aromatic heterocycles. The maximum Gasteiger partial charge on any atom is 0.135 e. The van der Waals surface area contributed by atoms with E-state index in [-0.39, 0.29) is 36.7 Å². The van der Waals surface area contributed by atoms with Gasteiger partial charge in [0.2, 0.25) is 0 Å². The Hall–Kier alpha value is -2.55. The Labute approximate surface area is 203 Å². The normalized spacial score (nSPS) is 22.2. The number of aromatic amines is 1. The number of ether oxygens (including phenoxy) is 1. The quantitative estimate of drug-likeness (QED) is 0.488. The highest BCUT2D eigenvalue weighted by atomic mass is 19.1. The molecule has 2 N–H and O–H groups in total. The van der Waals surface area contributed by atoms with E-state index in [1.807, 2.05) is 36.1 Å². The van der Waals surface area contributed by atoms with Gasteiger partial charge in [-0.3, -0.25) is 14.2 Å². The second-order valence-corrected chi connectivity index (χ2v) is 9.91. The van der Waals surface area contributed by atoms with Crippen molar-refractivity contribution in [2.75, 3.05) is 32.9 Å². The molecule has 188 valence electrons. The molecule has 5 rings (SSSR count). The number of β-amino-alcohol motifs (C(OH)–C–C–N with tert-alkyl or cyclic N) is 1. The van der Waals surface area contributed by atoms with Gasteiger partial charge in [0.1, 0.15) is 23.5 Å². The van der Waals surface area contributed by atoms with Crippen LogP contribution in [-0.4, -0.2) is 71.0 Å². The molecule has 35 heavy (non-hydrogen) atoms. The van der Waals surface area contributed by atoms with Gasteiger partial charge >= 0.3 is 0 Å². The maximum absolute atomic E-state index is 15.6. The molecule has 8 heteroatoms. The Balaban J connectivity index is 1.48. The molecule has 1 fully saturated rings. The Morgan fingerprint density at radius 1 is 1.17 bits per heavy atom. The molecular formula is C27H32F3N3O2. The number of benzene rings is 2. The van der Waals surface area contributed by atoms with Gasteiger partial charge in [-0.25, -0.2) is 8.78 Å². The fourth-order valence-corrected chi connectivity index (χ4v) is 5.55. The summed E-state index contributed by atoms with van der Waals surface area (Å²) in [6, 6.07) is 9.67. The lowest BCUT2D eigenvalue weighted by Crippen LogP contribution is -2.53. The van der Waals surface area contributed by atoms with Crippen molar-refractivity contribution in [2.24, 2.45) is 0 Å². The van der Waals surface area contributed by atoms with Crippen LogP contribution in [0.3, 0.4) is 0 Å². The zero-order valence-electron chi connectivity index (χ0n) is 20.1. The van der Waals surface area contributed by atoms with Gasteiger partial charge < -0.3 is 14.8 Å². The molecule has 1 unspecified atom stereocenters. The molecule has 3 heterocycles. The van der Waals surface area contributed by atoms with Crippen molar-refractivity contribution >= 4 is 10.9 Å². The van der Waals surface area contributed by atoms with E-state index in [0.29, 0.717) is 32.5 Å². The van der Waals surface area contributed by atoms with Crippen LogP contribution in [-0.2, 0) is 6.42 Å². The SMILES string of the molecule is CC(O)CN1[C@H](c2c(F)cc(OC3CN(CCCF)C3)cc2F)c2[nH]c3ccccc3c2C[C@H]1C. The van der Waals surface area contributed by atoms with E-state index in [1.165, 1.54) is 12.1 Å². The molecule has 3 atom stereocenters. The van der Waals surface area contributed by atoms with Crippen molar-refractivity contribution in [3.63, 3.8) is 0 Å². The number of aliphatic hydroxyl groups is 1. The van der Waals surface area contributed by atoms with Crippen LogP contribution in [0.2, 0.25) is 0 Å². The summed E-state index contributed by atoms with van der Waals surface area (Å²) >= 11 is 0. The van der Waals surface area contributed by atoms with Crippen molar-refractivity contribution in [1.82, 2.24) is 14.8 Å². The average molecular weight is 488 g/mol. The van der Waals surface area contributed by atoms with E-state index in [2.05, 4.69) is 9.88 Å². The molecule has 0 radical (unpaired) electrons. The van der Waals surface area contributed by atoms with Gasteiger partial charge in [0.25, 0.3) is 0 Å². The molecular weight excluding hydrogens is 455 g/mol. The standard InChI is InChI=1S/C27H32F3N3O2/c1-16-10-21-20-6-3-4-7-24(20)31-26(21)27(33(16)13-17(2)34)25-22(29)11-18(12-23(25)30)35-19-14-32(15-19)9-5-8-28/h3-4,6-7,11-12,16-17,19,27,31,34H,5,8-10,13-15H2,1-2H3/t16-,17?,27-/m1/s1. The number of fused-ring (bicyclic) bond motifs is 3. The molecule has 0 aliphatic carbocycles. The summed E-state index contributed by atoms with van der Waals surface area (Å²) in [6.07, 6.45) is 0.371. The second kappa shape index (κ2) is 9.84. The first-order valence-corrected chi connectivity index (χ1v) is 12.3. The Bertz CT molecular complexity index is 1170. The average Bonchev–Trinajstić information content (AvgIpc) is 3.14. The number of para-hydroxylation sites is 1. The van der Waals surface area contributed by atoms with Crippen LogP contribution in [0.5, 0.6) is 5.75 Å². The minimum absolute atomic E-state index is 0.0266. The summed E-state index contributed by atoms with van der Waals surface area (Å²) in [6.45, 7) is 5.53. The molecule has 2 aliphatic rings. The van der Waals surface area contributed by atoms with Crippen LogP contribution in [0.15, 0.2) is 36.4 Å². The first-order valence-electron chi connectivity index (χ1n) is 12.3. The highest BCUT2D eigenvalue weighted by Crippen LogP contribution is 2.43. The van der Waals surface area contributed by atoms with E-state index in [9.17, 15) is 9.50 Å². The first kappa shape index (κ1) is 24.2. The first-order chi connectivity index (χ1) is 16.9. The number of H-pyrrole nitrogens is 1. The summed E-state index contributed by atoms with van der Waals surface area (Å²) < 4.78 is 49.4. The van der Waals surface area contributed by atoms with Gasteiger partial charge in [0.05, 0.1) is 18.8 Å². The predicted octanol–water partition coefficient (Wildman–Crippen LogP) is 4.59.